The molecule has 6 heteroatoms. The van der Waals surface area contributed by atoms with E-state index in [4.69, 9.17) is 17.0 Å². The van der Waals surface area contributed by atoms with E-state index in [1.807, 2.05) is 25.1 Å². The summed E-state index contributed by atoms with van der Waals surface area (Å²) in [5.74, 6) is 0.763. The molecule has 2 aromatic rings. The van der Waals surface area contributed by atoms with E-state index in [1.54, 1.807) is 0 Å². The fourth-order valence-corrected chi connectivity index (χ4v) is 3.01. The van der Waals surface area contributed by atoms with Crippen LogP contribution in [0.25, 0.3) is 0 Å². The van der Waals surface area contributed by atoms with Gasteiger partial charge in [-0.15, -0.1) is 0 Å². The van der Waals surface area contributed by atoms with Gasteiger partial charge in [-0.3, -0.25) is 4.90 Å². The van der Waals surface area contributed by atoms with Gasteiger partial charge in [-0.05, 0) is 42.4 Å². The number of pyridine rings is 1. The molecule has 25 heavy (non-hydrogen) atoms. The summed E-state index contributed by atoms with van der Waals surface area (Å²) >= 11 is 5.39. The van der Waals surface area contributed by atoms with Crippen molar-refractivity contribution in [1.82, 2.24) is 15.2 Å². The maximum absolute atomic E-state index is 5.43. The summed E-state index contributed by atoms with van der Waals surface area (Å²) in [6.07, 6.45) is 0. The van der Waals surface area contributed by atoms with Gasteiger partial charge in [0.2, 0.25) is 0 Å². The van der Waals surface area contributed by atoms with E-state index in [0.29, 0.717) is 11.7 Å². The third-order valence-corrected chi connectivity index (χ3v) is 4.43. The summed E-state index contributed by atoms with van der Waals surface area (Å²) in [4.78, 5) is 6.83. The first-order valence-electron chi connectivity index (χ1n) is 8.56. The molecule has 1 saturated heterocycles. The van der Waals surface area contributed by atoms with Crippen LogP contribution in [0.1, 0.15) is 16.8 Å². The third kappa shape index (κ3) is 5.49. The number of hydrogen-bond acceptors (Lipinski definition) is 4. The summed E-state index contributed by atoms with van der Waals surface area (Å²) in [5.41, 5.74) is 3.55. The van der Waals surface area contributed by atoms with Crippen LogP contribution in [0.2, 0.25) is 0 Å². The van der Waals surface area contributed by atoms with Crippen LogP contribution in [0.4, 0.5) is 5.82 Å². The normalized spacial score (nSPS) is 14.9. The minimum Gasteiger partial charge on any atom is -0.379 e. The lowest BCUT2D eigenvalue weighted by molar-refractivity contribution is 0.0341. The maximum atomic E-state index is 5.43. The molecule has 0 spiro atoms. The van der Waals surface area contributed by atoms with Gasteiger partial charge in [0, 0.05) is 31.9 Å². The fourth-order valence-electron chi connectivity index (χ4n) is 2.83. The molecule has 2 N–H and O–H groups in total. The Bertz CT molecular complexity index is 716. The minimum absolute atomic E-state index is 0.583. The molecule has 0 radical (unpaired) electrons. The standard InChI is InChI=1S/C19H24N4OS/c1-15-5-4-8-18(21-15)22-19(25)20-13-16-6-2-3-7-17(16)14-23-9-11-24-12-10-23/h2-8H,9-14H2,1H3,(H2,20,21,22,25). The smallest absolute Gasteiger partial charge is 0.172 e. The number of morpholine rings is 1. The van der Waals surface area contributed by atoms with Crippen LogP contribution < -0.4 is 10.6 Å². The SMILES string of the molecule is Cc1cccc(NC(=S)NCc2ccccc2CN2CCOCC2)n1. The molecule has 1 aliphatic rings. The van der Waals surface area contributed by atoms with E-state index in [1.165, 1.54) is 11.1 Å². The highest BCUT2D eigenvalue weighted by Crippen LogP contribution is 2.13. The van der Waals surface area contributed by atoms with Gasteiger partial charge in [0.15, 0.2) is 5.11 Å². The van der Waals surface area contributed by atoms with Gasteiger partial charge in [0.25, 0.3) is 0 Å². The van der Waals surface area contributed by atoms with Gasteiger partial charge in [-0.2, -0.15) is 0 Å². The van der Waals surface area contributed by atoms with Crippen molar-refractivity contribution < 1.29 is 4.74 Å². The van der Waals surface area contributed by atoms with Crippen molar-refractivity contribution in [2.24, 2.45) is 0 Å². The van der Waals surface area contributed by atoms with Crippen LogP contribution >= 0.6 is 12.2 Å². The molecular weight excluding hydrogens is 332 g/mol. The van der Waals surface area contributed by atoms with E-state index in [9.17, 15) is 0 Å². The minimum atomic E-state index is 0.583. The number of aryl methyl sites for hydroxylation is 1. The van der Waals surface area contributed by atoms with Gasteiger partial charge in [0.1, 0.15) is 5.82 Å². The molecule has 0 saturated carbocycles. The number of ether oxygens (including phenoxy) is 1. The van der Waals surface area contributed by atoms with Crippen LogP contribution in [0.5, 0.6) is 0 Å². The zero-order valence-corrected chi connectivity index (χ0v) is 15.3. The Morgan fingerprint density at radius 2 is 1.88 bits per heavy atom. The molecule has 0 amide bonds. The first-order chi connectivity index (χ1) is 12.2. The molecular formula is C19H24N4OS. The lowest BCUT2D eigenvalue weighted by atomic mass is 10.1. The van der Waals surface area contributed by atoms with E-state index < -0.39 is 0 Å². The highest BCUT2D eigenvalue weighted by Gasteiger charge is 2.12. The maximum Gasteiger partial charge on any atom is 0.172 e. The average molecular weight is 356 g/mol. The molecule has 0 atom stereocenters. The number of thiocarbonyl (C=S) groups is 1. The van der Waals surface area contributed by atoms with Crippen molar-refractivity contribution in [3.8, 4) is 0 Å². The lowest BCUT2D eigenvalue weighted by Gasteiger charge is -2.27. The number of anilines is 1. The van der Waals surface area contributed by atoms with E-state index in [-0.39, 0.29) is 0 Å². The van der Waals surface area contributed by atoms with Gasteiger partial charge < -0.3 is 15.4 Å². The monoisotopic (exact) mass is 356 g/mol. The van der Waals surface area contributed by atoms with E-state index in [2.05, 4.69) is 44.8 Å². The Balaban J connectivity index is 1.56. The molecule has 5 nitrogen and oxygen atoms in total. The predicted octanol–water partition coefficient (Wildman–Crippen LogP) is 2.71. The summed E-state index contributed by atoms with van der Waals surface area (Å²) < 4.78 is 5.43. The molecule has 3 rings (SSSR count). The zero-order chi connectivity index (χ0) is 17.5. The first-order valence-corrected chi connectivity index (χ1v) is 8.97. The Morgan fingerprint density at radius 3 is 2.64 bits per heavy atom. The summed E-state index contributed by atoms with van der Waals surface area (Å²) in [6.45, 7) is 7.21. The van der Waals surface area contributed by atoms with Crippen LogP contribution in [0, 0.1) is 6.92 Å². The van der Waals surface area contributed by atoms with Crippen LogP contribution in [-0.2, 0) is 17.8 Å². The summed E-state index contributed by atoms with van der Waals surface area (Å²) in [6, 6.07) is 14.3. The lowest BCUT2D eigenvalue weighted by Crippen LogP contribution is -2.36. The zero-order valence-electron chi connectivity index (χ0n) is 14.5. The summed E-state index contributed by atoms with van der Waals surface area (Å²) in [7, 11) is 0. The third-order valence-electron chi connectivity index (χ3n) is 4.19. The second kappa shape index (κ2) is 8.89. The number of nitrogens with one attached hydrogen (secondary N) is 2. The van der Waals surface area contributed by atoms with Crippen molar-refractivity contribution in [2.45, 2.75) is 20.0 Å². The highest BCUT2D eigenvalue weighted by atomic mass is 32.1. The van der Waals surface area contributed by atoms with Crippen molar-refractivity contribution in [3.05, 3.63) is 59.3 Å². The number of nitrogens with zero attached hydrogens (tertiary/aromatic N) is 2. The largest absolute Gasteiger partial charge is 0.379 e. The Morgan fingerprint density at radius 1 is 1.12 bits per heavy atom. The van der Waals surface area contributed by atoms with Crippen molar-refractivity contribution in [2.75, 3.05) is 31.6 Å². The van der Waals surface area contributed by atoms with Gasteiger partial charge in [0.05, 0.1) is 13.2 Å². The molecule has 1 aliphatic heterocycles. The van der Waals surface area contributed by atoms with Crippen LogP contribution in [0.15, 0.2) is 42.5 Å². The predicted molar refractivity (Wildman–Crippen MR) is 105 cm³/mol. The molecule has 0 bridgehead atoms. The van der Waals surface area contributed by atoms with E-state index >= 15 is 0 Å². The van der Waals surface area contributed by atoms with Gasteiger partial charge in [-0.1, -0.05) is 30.3 Å². The van der Waals surface area contributed by atoms with Gasteiger partial charge >= 0.3 is 0 Å². The quantitative estimate of drug-likeness (QED) is 0.804. The van der Waals surface area contributed by atoms with E-state index in [0.717, 1.165) is 44.4 Å². The Hall–Kier alpha value is -2.02. The van der Waals surface area contributed by atoms with Crippen LogP contribution in [0.3, 0.4) is 0 Å². The number of aromatic nitrogens is 1. The molecule has 2 heterocycles. The molecule has 132 valence electrons. The second-order valence-electron chi connectivity index (χ2n) is 6.13. The van der Waals surface area contributed by atoms with Crippen molar-refractivity contribution in [3.63, 3.8) is 0 Å². The topological polar surface area (TPSA) is 49.4 Å². The molecule has 0 aliphatic carbocycles. The fraction of sp³-hybridized carbons (Fsp3) is 0.368. The Labute approximate surface area is 154 Å². The van der Waals surface area contributed by atoms with Crippen LogP contribution in [-0.4, -0.2) is 41.3 Å². The molecule has 1 fully saturated rings. The average Bonchev–Trinajstić information content (AvgIpc) is 2.62. The van der Waals surface area contributed by atoms with Crippen molar-refractivity contribution >= 4 is 23.1 Å². The number of rotatable bonds is 5. The van der Waals surface area contributed by atoms with Crippen molar-refractivity contribution in [1.29, 1.82) is 0 Å². The number of benzene rings is 1. The molecule has 0 unspecified atom stereocenters. The highest BCUT2D eigenvalue weighted by molar-refractivity contribution is 7.80. The van der Waals surface area contributed by atoms with Gasteiger partial charge in [-0.25, -0.2) is 4.98 Å². The second-order valence-corrected chi connectivity index (χ2v) is 6.54. The first kappa shape index (κ1) is 17.8. The number of hydrogen-bond donors (Lipinski definition) is 2. The molecule has 1 aromatic carbocycles. The Kier molecular flexibility index (Phi) is 6.33. The summed E-state index contributed by atoms with van der Waals surface area (Å²) in [5, 5.41) is 7.00. The molecule has 1 aromatic heterocycles.